The van der Waals surface area contributed by atoms with Gasteiger partial charge < -0.3 is 5.32 Å². The molecule has 1 atom stereocenters. The average molecular weight is 289 g/mol. The fourth-order valence-electron chi connectivity index (χ4n) is 2.96. The van der Waals surface area contributed by atoms with Gasteiger partial charge in [0.15, 0.2) is 0 Å². The number of hydrogen-bond donors (Lipinski definition) is 1. The van der Waals surface area contributed by atoms with Gasteiger partial charge in [-0.2, -0.15) is 5.26 Å². The number of nitrogens with zero attached hydrogens (tertiary/aromatic N) is 2. The van der Waals surface area contributed by atoms with E-state index in [0.29, 0.717) is 5.92 Å². The smallest absolute Gasteiger partial charge is 0.140 e. The van der Waals surface area contributed by atoms with Gasteiger partial charge in [0.05, 0.1) is 5.56 Å². The first-order chi connectivity index (χ1) is 10.2. The number of rotatable bonds is 6. The van der Waals surface area contributed by atoms with Gasteiger partial charge in [0.25, 0.3) is 0 Å². The van der Waals surface area contributed by atoms with Crippen LogP contribution >= 0.6 is 0 Å². The van der Waals surface area contributed by atoms with E-state index in [-0.39, 0.29) is 5.56 Å². The normalized spacial score (nSPS) is 19.4. The van der Waals surface area contributed by atoms with E-state index in [1.54, 1.807) is 12.1 Å². The first-order valence-electron chi connectivity index (χ1n) is 7.84. The lowest BCUT2D eigenvalue weighted by molar-refractivity contribution is 0.165. The zero-order valence-corrected chi connectivity index (χ0v) is 12.7. The molecule has 0 bridgehead atoms. The molecule has 1 aromatic rings. The summed E-state index contributed by atoms with van der Waals surface area (Å²) in [5, 5.41) is 12.4. The first-order valence-corrected chi connectivity index (χ1v) is 7.84. The van der Waals surface area contributed by atoms with Crippen LogP contribution in [0.2, 0.25) is 0 Å². The summed E-state index contributed by atoms with van der Waals surface area (Å²) in [6.45, 7) is 7.32. The Hall–Kier alpha value is -1.44. The minimum atomic E-state index is -0.429. The Morgan fingerprint density at radius 1 is 1.48 bits per heavy atom. The number of nitriles is 1. The molecular weight excluding hydrogens is 265 g/mol. The number of hydrogen-bond acceptors (Lipinski definition) is 3. The van der Waals surface area contributed by atoms with Crippen molar-refractivity contribution >= 4 is 0 Å². The quantitative estimate of drug-likeness (QED) is 0.818. The summed E-state index contributed by atoms with van der Waals surface area (Å²) in [5.74, 6) is 0.266. The van der Waals surface area contributed by atoms with Crippen LogP contribution in [0.3, 0.4) is 0 Å². The second kappa shape index (κ2) is 8.11. The van der Waals surface area contributed by atoms with Gasteiger partial charge in [0.1, 0.15) is 11.9 Å². The Bertz CT molecular complexity index is 495. The molecule has 0 radical (unpaired) electrons. The molecule has 1 aliphatic rings. The molecule has 0 amide bonds. The molecule has 1 heterocycles. The van der Waals surface area contributed by atoms with E-state index in [2.05, 4.69) is 17.1 Å². The minimum absolute atomic E-state index is 0.144. The highest BCUT2D eigenvalue weighted by molar-refractivity contribution is 5.34. The molecule has 1 aliphatic heterocycles. The molecule has 0 spiro atoms. The van der Waals surface area contributed by atoms with Crippen LogP contribution in [0.5, 0.6) is 0 Å². The lowest BCUT2D eigenvalue weighted by Crippen LogP contribution is -2.39. The molecule has 3 nitrogen and oxygen atoms in total. The van der Waals surface area contributed by atoms with Crippen molar-refractivity contribution in [3.05, 3.63) is 35.1 Å². The summed E-state index contributed by atoms with van der Waals surface area (Å²) in [4.78, 5) is 2.41. The predicted octanol–water partition coefficient (Wildman–Crippen LogP) is 2.91. The molecule has 1 unspecified atom stereocenters. The van der Waals surface area contributed by atoms with E-state index < -0.39 is 5.82 Å². The third-order valence-corrected chi connectivity index (χ3v) is 4.02. The average Bonchev–Trinajstić information content (AvgIpc) is 2.50. The summed E-state index contributed by atoms with van der Waals surface area (Å²) in [6.07, 6.45) is 3.66. The van der Waals surface area contributed by atoms with Gasteiger partial charge in [0, 0.05) is 13.1 Å². The number of likely N-dealkylation sites (tertiary alicyclic amines) is 1. The summed E-state index contributed by atoms with van der Waals surface area (Å²) in [6, 6.07) is 6.78. The highest BCUT2D eigenvalue weighted by Crippen LogP contribution is 2.19. The number of piperidine rings is 1. The van der Waals surface area contributed by atoms with Crippen molar-refractivity contribution in [1.82, 2.24) is 10.2 Å². The molecule has 1 aromatic carbocycles. The molecule has 1 fully saturated rings. The number of nitrogens with one attached hydrogen (secondary N) is 1. The Balaban J connectivity index is 1.89. The van der Waals surface area contributed by atoms with Gasteiger partial charge >= 0.3 is 0 Å². The maximum atomic E-state index is 13.3. The molecule has 4 heteroatoms. The highest BCUT2D eigenvalue weighted by Gasteiger charge is 2.19. The van der Waals surface area contributed by atoms with Gasteiger partial charge in [0.2, 0.25) is 0 Å². The Kier molecular flexibility index (Phi) is 6.16. The Morgan fingerprint density at radius 3 is 3.10 bits per heavy atom. The molecular formula is C17H24FN3. The lowest BCUT2D eigenvalue weighted by Gasteiger charge is -2.33. The molecule has 1 N–H and O–H groups in total. The van der Waals surface area contributed by atoms with Crippen molar-refractivity contribution < 1.29 is 4.39 Å². The molecule has 0 aromatic heterocycles. The first kappa shape index (κ1) is 15.9. The third kappa shape index (κ3) is 4.80. The van der Waals surface area contributed by atoms with Crippen LogP contribution in [0.25, 0.3) is 0 Å². The molecule has 1 saturated heterocycles. The van der Waals surface area contributed by atoms with Crippen molar-refractivity contribution in [3.63, 3.8) is 0 Å². The Labute approximate surface area is 126 Å². The maximum Gasteiger partial charge on any atom is 0.140 e. The second-order valence-electron chi connectivity index (χ2n) is 5.87. The topological polar surface area (TPSA) is 39.1 Å². The van der Waals surface area contributed by atoms with Crippen LogP contribution in [-0.4, -0.2) is 31.1 Å². The zero-order chi connectivity index (χ0) is 15.1. The van der Waals surface area contributed by atoms with E-state index in [1.807, 2.05) is 6.07 Å². The standard InChI is InChI=1S/C17H24FN3/c1-2-7-20-11-15-4-3-8-21(13-15)12-14-5-6-17(18)16(9-14)10-19/h5-6,9,15,20H,2-4,7-8,11-13H2,1H3. The summed E-state index contributed by atoms with van der Waals surface area (Å²) in [7, 11) is 0. The highest BCUT2D eigenvalue weighted by atomic mass is 19.1. The van der Waals surface area contributed by atoms with Gasteiger partial charge in [-0.3, -0.25) is 4.90 Å². The van der Waals surface area contributed by atoms with Crippen molar-refractivity contribution in [1.29, 1.82) is 5.26 Å². The number of halogens is 1. The number of benzene rings is 1. The summed E-state index contributed by atoms with van der Waals surface area (Å²) < 4.78 is 13.3. The maximum absolute atomic E-state index is 13.3. The minimum Gasteiger partial charge on any atom is -0.316 e. The van der Waals surface area contributed by atoms with E-state index in [4.69, 9.17) is 5.26 Å². The van der Waals surface area contributed by atoms with Crippen LogP contribution in [0.4, 0.5) is 4.39 Å². The van der Waals surface area contributed by atoms with Gasteiger partial charge in [-0.1, -0.05) is 13.0 Å². The van der Waals surface area contributed by atoms with E-state index in [0.717, 1.165) is 38.3 Å². The predicted molar refractivity (Wildman–Crippen MR) is 82.3 cm³/mol. The molecule has 2 rings (SSSR count). The van der Waals surface area contributed by atoms with E-state index in [1.165, 1.54) is 25.3 Å². The van der Waals surface area contributed by atoms with E-state index in [9.17, 15) is 4.39 Å². The fraction of sp³-hybridized carbons (Fsp3) is 0.588. The van der Waals surface area contributed by atoms with Gasteiger partial charge in [-0.05, 0) is 62.5 Å². The lowest BCUT2D eigenvalue weighted by atomic mass is 9.97. The van der Waals surface area contributed by atoms with Crippen LogP contribution in [0.1, 0.15) is 37.3 Å². The van der Waals surface area contributed by atoms with Crippen molar-refractivity contribution in [2.24, 2.45) is 5.92 Å². The second-order valence-corrected chi connectivity index (χ2v) is 5.87. The fourth-order valence-corrected chi connectivity index (χ4v) is 2.96. The van der Waals surface area contributed by atoms with Gasteiger partial charge in [-0.25, -0.2) is 4.39 Å². The van der Waals surface area contributed by atoms with Crippen LogP contribution in [0, 0.1) is 23.1 Å². The SMILES string of the molecule is CCCNCC1CCCN(Cc2ccc(F)c(C#N)c2)C1. The summed E-state index contributed by atoms with van der Waals surface area (Å²) in [5.41, 5.74) is 1.17. The zero-order valence-electron chi connectivity index (χ0n) is 12.7. The van der Waals surface area contributed by atoms with Crippen molar-refractivity contribution in [3.8, 4) is 6.07 Å². The van der Waals surface area contributed by atoms with Crippen molar-refractivity contribution in [2.75, 3.05) is 26.2 Å². The molecule has 0 aliphatic carbocycles. The molecule has 114 valence electrons. The Morgan fingerprint density at radius 2 is 2.33 bits per heavy atom. The van der Waals surface area contributed by atoms with E-state index >= 15 is 0 Å². The monoisotopic (exact) mass is 289 g/mol. The summed E-state index contributed by atoms with van der Waals surface area (Å²) >= 11 is 0. The molecule has 0 saturated carbocycles. The van der Waals surface area contributed by atoms with Crippen LogP contribution in [0.15, 0.2) is 18.2 Å². The largest absolute Gasteiger partial charge is 0.316 e. The third-order valence-electron chi connectivity index (χ3n) is 4.02. The molecule has 21 heavy (non-hydrogen) atoms. The van der Waals surface area contributed by atoms with Crippen molar-refractivity contribution in [2.45, 2.75) is 32.7 Å². The van der Waals surface area contributed by atoms with Gasteiger partial charge in [-0.15, -0.1) is 0 Å². The van der Waals surface area contributed by atoms with Crippen LogP contribution in [-0.2, 0) is 6.54 Å². The van der Waals surface area contributed by atoms with Crippen LogP contribution < -0.4 is 5.32 Å².